The summed E-state index contributed by atoms with van der Waals surface area (Å²) >= 11 is 6.36. The number of hydrogen-bond donors (Lipinski definition) is 0. The van der Waals surface area contributed by atoms with Crippen molar-refractivity contribution < 1.29 is 4.79 Å². The fraction of sp³-hybridized carbons (Fsp3) is 0.688. The molecule has 0 radical (unpaired) electrons. The molecule has 1 aromatic heterocycles. The Bertz CT molecular complexity index is 670. The molecule has 0 spiro atoms. The molecule has 2 aliphatic rings. The van der Waals surface area contributed by atoms with Crippen molar-refractivity contribution in [3.05, 3.63) is 27.8 Å². The molecule has 3 rings (SSSR count). The number of nitrogens with zero attached hydrogens (tertiary/aromatic N) is 3. The van der Waals surface area contributed by atoms with Crippen LogP contribution < -0.4 is 0 Å². The van der Waals surface area contributed by atoms with E-state index in [1.807, 2.05) is 20.9 Å². The molecule has 0 bridgehead atoms. The Kier molecular flexibility index (Phi) is 3.01. The van der Waals surface area contributed by atoms with Crippen LogP contribution in [0.4, 0.5) is 0 Å². The molecule has 0 amide bonds. The summed E-state index contributed by atoms with van der Waals surface area (Å²) in [6, 6.07) is -0.562. The van der Waals surface area contributed by atoms with E-state index in [0.717, 1.165) is 24.1 Å². The Morgan fingerprint density at radius 2 is 2.10 bits per heavy atom. The Morgan fingerprint density at radius 3 is 2.71 bits per heavy atom. The second-order valence-electron chi connectivity index (χ2n) is 7.19. The molecule has 1 unspecified atom stereocenters. The molecule has 1 fully saturated rings. The monoisotopic (exact) mass is 305 g/mol. The summed E-state index contributed by atoms with van der Waals surface area (Å²) in [5.41, 5.74) is 1.38. The minimum absolute atomic E-state index is 0.0884. The van der Waals surface area contributed by atoms with Gasteiger partial charge in [0.25, 0.3) is 6.04 Å². The van der Waals surface area contributed by atoms with E-state index in [2.05, 4.69) is 16.9 Å². The maximum absolute atomic E-state index is 12.6. The maximum atomic E-state index is 12.6. The van der Waals surface area contributed by atoms with Gasteiger partial charge in [0.15, 0.2) is 0 Å². The van der Waals surface area contributed by atoms with Crippen molar-refractivity contribution >= 4 is 17.4 Å². The quantitative estimate of drug-likeness (QED) is 0.691. The van der Waals surface area contributed by atoms with Gasteiger partial charge in [-0.25, -0.2) is 6.57 Å². The Hall–Kier alpha value is -1.34. The predicted octanol–water partition coefficient (Wildman–Crippen LogP) is 3.18. The third-order valence-corrected chi connectivity index (χ3v) is 6.12. The summed E-state index contributed by atoms with van der Waals surface area (Å²) in [4.78, 5) is 16.2. The molecule has 0 N–H and O–H groups in total. The third kappa shape index (κ3) is 1.73. The van der Waals surface area contributed by atoms with Crippen LogP contribution in [0.2, 0.25) is 5.15 Å². The first kappa shape index (κ1) is 14.6. The fourth-order valence-corrected chi connectivity index (χ4v) is 4.82. The van der Waals surface area contributed by atoms with Crippen LogP contribution in [0.1, 0.15) is 44.9 Å². The molecule has 0 aromatic carbocycles. The molecule has 1 heterocycles. The molecular formula is C16H20ClN3O. The first-order valence-electron chi connectivity index (χ1n) is 7.36. The largest absolute Gasteiger partial charge is 0.305 e. The van der Waals surface area contributed by atoms with Gasteiger partial charge < -0.3 is 4.85 Å². The van der Waals surface area contributed by atoms with Crippen LogP contribution in [0.3, 0.4) is 0 Å². The van der Waals surface area contributed by atoms with E-state index in [1.54, 1.807) is 4.68 Å². The van der Waals surface area contributed by atoms with E-state index < -0.39 is 11.5 Å². The number of rotatable bonds is 0. The molecular weight excluding hydrogens is 286 g/mol. The minimum Gasteiger partial charge on any atom is -0.305 e. The van der Waals surface area contributed by atoms with E-state index in [-0.39, 0.29) is 17.1 Å². The molecule has 1 saturated carbocycles. The number of hydrogen-bond acceptors (Lipinski definition) is 2. The zero-order chi connectivity index (χ0) is 15.6. The van der Waals surface area contributed by atoms with E-state index in [9.17, 15) is 4.79 Å². The number of halogens is 1. The summed E-state index contributed by atoms with van der Waals surface area (Å²) in [6.07, 6.45) is 2.35. The fourth-order valence-electron chi connectivity index (χ4n) is 4.60. The molecule has 112 valence electrons. The number of Topliss-reactive ketones (excluding diaryl/α,β-unsaturated/α-hetero) is 1. The summed E-state index contributed by atoms with van der Waals surface area (Å²) < 4.78 is 1.72. The predicted molar refractivity (Wildman–Crippen MR) is 81.2 cm³/mol. The molecule has 4 nitrogen and oxygen atoms in total. The smallest absolute Gasteiger partial charge is 0.282 e. The van der Waals surface area contributed by atoms with Crippen LogP contribution in [0.15, 0.2) is 0 Å². The summed E-state index contributed by atoms with van der Waals surface area (Å²) in [7, 11) is 1.85. The van der Waals surface area contributed by atoms with Gasteiger partial charge in [0.1, 0.15) is 5.15 Å². The maximum Gasteiger partial charge on any atom is 0.282 e. The number of ketones is 1. The van der Waals surface area contributed by atoms with Crippen molar-refractivity contribution in [1.29, 1.82) is 0 Å². The lowest BCUT2D eigenvalue weighted by atomic mass is 9.50. The highest BCUT2D eigenvalue weighted by atomic mass is 35.5. The van der Waals surface area contributed by atoms with Crippen LogP contribution in [0, 0.1) is 17.9 Å². The highest BCUT2D eigenvalue weighted by Gasteiger charge is 2.60. The summed E-state index contributed by atoms with van der Waals surface area (Å²) in [5, 5.41) is 5.33. The minimum atomic E-state index is -0.562. The lowest BCUT2D eigenvalue weighted by Crippen LogP contribution is -2.56. The third-order valence-electron chi connectivity index (χ3n) is 5.64. The zero-order valence-corrected chi connectivity index (χ0v) is 13.7. The van der Waals surface area contributed by atoms with E-state index >= 15 is 0 Å². The van der Waals surface area contributed by atoms with Gasteiger partial charge in [0.2, 0.25) is 5.78 Å². The average molecular weight is 306 g/mol. The number of carbonyl (C=O) groups excluding carboxylic acids is 1. The molecule has 3 atom stereocenters. The van der Waals surface area contributed by atoms with Crippen molar-refractivity contribution in [1.82, 2.24) is 9.78 Å². The average Bonchev–Trinajstić information content (AvgIpc) is 2.72. The molecule has 0 saturated heterocycles. The normalized spacial score (nSPS) is 34.0. The van der Waals surface area contributed by atoms with Gasteiger partial charge in [0.05, 0.1) is 5.69 Å². The second kappa shape index (κ2) is 4.33. The van der Waals surface area contributed by atoms with Gasteiger partial charge in [-0.05, 0) is 18.8 Å². The molecule has 5 heteroatoms. The van der Waals surface area contributed by atoms with Crippen molar-refractivity contribution in [3.63, 3.8) is 0 Å². The lowest BCUT2D eigenvalue weighted by molar-refractivity contribution is -0.137. The standard InChI is InChI=1S/C16H20ClN3O/c1-15(2)11-7-6-9-12(19-20(5)14(9)17)16(11,3)8-10(18-4)13(15)21/h10-11H,6-8H2,1-3,5H3/t10?,11-,16-/m0/s1. The molecule has 2 aliphatic carbocycles. The van der Waals surface area contributed by atoms with Crippen LogP contribution in [0.25, 0.3) is 4.85 Å². The summed E-state index contributed by atoms with van der Waals surface area (Å²) in [6.45, 7) is 13.5. The van der Waals surface area contributed by atoms with Gasteiger partial charge in [-0.2, -0.15) is 5.10 Å². The van der Waals surface area contributed by atoms with Crippen LogP contribution in [-0.4, -0.2) is 21.6 Å². The Labute approximate surface area is 130 Å². The number of aromatic nitrogens is 2. The van der Waals surface area contributed by atoms with Gasteiger partial charge >= 0.3 is 0 Å². The topological polar surface area (TPSA) is 39.2 Å². The van der Waals surface area contributed by atoms with Gasteiger partial charge in [0, 0.05) is 29.9 Å². The van der Waals surface area contributed by atoms with Gasteiger partial charge in [-0.15, -0.1) is 0 Å². The van der Waals surface area contributed by atoms with Crippen molar-refractivity contribution in [2.24, 2.45) is 18.4 Å². The Morgan fingerprint density at radius 1 is 1.43 bits per heavy atom. The number of aryl methyl sites for hydroxylation is 1. The molecule has 0 aliphatic heterocycles. The first-order valence-corrected chi connectivity index (χ1v) is 7.74. The van der Waals surface area contributed by atoms with Crippen molar-refractivity contribution in [3.8, 4) is 0 Å². The van der Waals surface area contributed by atoms with E-state index in [1.165, 1.54) is 0 Å². The van der Waals surface area contributed by atoms with Gasteiger partial charge in [-0.1, -0.05) is 32.4 Å². The highest BCUT2D eigenvalue weighted by molar-refractivity contribution is 6.30. The lowest BCUT2D eigenvalue weighted by Gasteiger charge is -2.51. The highest BCUT2D eigenvalue weighted by Crippen LogP contribution is 2.56. The van der Waals surface area contributed by atoms with Crippen LogP contribution in [-0.2, 0) is 23.7 Å². The second-order valence-corrected chi connectivity index (χ2v) is 7.54. The zero-order valence-electron chi connectivity index (χ0n) is 12.9. The first-order chi connectivity index (χ1) is 9.73. The number of fused-ring (bicyclic) bond motifs is 3. The molecule has 1 aromatic rings. The number of carbonyl (C=O) groups is 1. The SMILES string of the molecule is [C-]#[N+]C1C[C@]2(C)c3nn(C)c(Cl)c3CC[C@H]2C(C)(C)C1=O. The van der Waals surface area contributed by atoms with E-state index in [4.69, 9.17) is 18.2 Å². The van der Waals surface area contributed by atoms with Crippen molar-refractivity contribution in [2.75, 3.05) is 0 Å². The summed E-state index contributed by atoms with van der Waals surface area (Å²) in [5.74, 6) is 0.305. The molecule has 21 heavy (non-hydrogen) atoms. The van der Waals surface area contributed by atoms with Crippen LogP contribution >= 0.6 is 11.6 Å². The van der Waals surface area contributed by atoms with E-state index in [0.29, 0.717) is 11.6 Å². The van der Waals surface area contributed by atoms with Crippen molar-refractivity contribution in [2.45, 2.75) is 51.5 Å². The van der Waals surface area contributed by atoms with Crippen LogP contribution in [0.5, 0.6) is 0 Å². The Balaban J connectivity index is 2.19. The van der Waals surface area contributed by atoms with Gasteiger partial charge in [-0.3, -0.25) is 9.48 Å².